The van der Waals surface area contributed by atoms with Crippen molar-refractivity contribution in [1.29, 1.82) is 10.5 Å². The molecular formula is C33H32F3N9O. The molecule has 2 N–H and O–H groups in total. The zero-order valence-electron chi connectivity index (χ0n) is 25.8. The minimum Gasteiger partial charge on any atom is -0.383 e. The van der Waals surface area contributed by atoms with E-state index in [-0.39, 0.29) is 29.5 Å². The number of nitrogens with one attached hydrogen (secondary N) is 2. The van der Waals surface area contributed by atoms with Crippen LogP contribution in [0.15, 0.2) is 48.8 Å². The second-order valence-corrected chi connectivity index (χ2v) is 12.7. The summed E-state index contributed by atoms with van der Waals surface area (Å²) in [6, 6.07) is 12.6. The Morgan fingerprint density at radius 2 is 1.87 bits per heavy atom. The van der Waals surface area contributed by atoms with Gasteiger partial charge in [0, 0.05) is 29.4 Å². The van der Waals surface area contributed by atoms with E-state index >= 15 is 0 Å². The van der Waals surface area contributed by atoms with E-state index in [2.05, 4.69) is 58.8 Å². The van der Waals surface area contributed by atoms with Gasteiger partial charge in [-0.15, -0.1) is 5.10 Å². The van der Waals surface area contributed by atoms with Gasteiger partial charge < -0.3 is 10.6 Å². The molecule has 1 saturated carbocycles. The van der Waals surface area contributed by atoms with Crippen molar-refractivity contribution >= 4 is 34.0 Å². The Labute approximate surface area is 264 Å². The fourth-order valence-electron chi connectivity index (χ4n) is 5.72. The van der Waals surface area contributed by atoms with Crippen molar-refractivity contribution in [2.45, 2.75) is 51.4 Å². The summed E-state index contributed by atoms with van der Waals surface area (Å²) < 4.78 is 43.0. The highest BCUT2D eigenvalue weighted by molar-refractivity contribution is 5.99. The number of nitriles is 2. The first-order valence-corrected chi connectivity index (χ1v) is 14.8. The Hall–Kier alpha value is -5.14. The Kier molecular flexibility index (Phi) is 7.61. The Morgan fingerprint density at radius 1 is 1.11 bits per heavy atom. The summed E-state index contributed by atoms with van der Waals surface area (Å²) in [4.78, 5) is 9.99. The van der Waals surface area contributed by atoms with E-state index in [1.165, 1.54) is 12.4 Å². The van der Waals surface area contributed by atoms with E-state index in [1.807, 2.05) is 30.4 Å². The van der Waals surface area contributed by atoms with Crippen molar-refractivity contribution < 1.29 is 18.0 Å². The summed E-state index contributed by atoms with van der Waals surface area (Å²) in [5, 5.41) is 37.3. The van der Waals surface area contributed by atoms with Crippen molar-refractivity contribution in [1.82, 2.24) is 20.0 Å². The molecule has 2 aromatic heterocycles. The molecule has 2 aromatic carbocycles. The normalized spacial score (nSPS) is 16.0. The number of halogens is 3. The first-order valence-electron chi connectivity index (χ1n) is 14.8. The van der Waals surface area contributed by atoms with Crippen molar-refractivity contribution in [2.75, 3.05) is 35.9 Å². The minimum atomic E-state index is -4.48. The van der Waals surface area contributed by atoms with Crippen molar-refractivity contribution in [3.8, 4) is 12.1 Å². The molecular weight excluding hydrogens is 595 g/mol. The second-order valence-electron chi connectivity index (χ2n) is 12.7. The van der Waals surface area contributed by atoms with Gasteiger partial charge in [0.05, 0.1) is 53.9 Å². The van der Waals surface area contributed by atoms with Crippen LogP contribution in [0.1, 0.15) is 67.6 Å². The number of hydrogen-bond donors (Lipinski definition) is 2. The van der Waals surface area contributed by atoms with Crippen LogP contribution in [0.25, 0.3) is 17.0 Å². The molecule has 1 fully saturated rings. The van der Waals surface area contributed by atoms with Gasteiger partial charge in [-0.25, -0.2) is 4.68 Å². The molecule has 0 spiro atoms. The number of hydroxylamine groups is 1. The van der Waals surface area contributed by atoms with Gasteiger partial charge in [0.25, 0.3) is 0 Å². The number of anilines is 3. The Bertz CT molecular complexity index is 1920. The van der Waals surface area contributed by atoms with Gasteiger partial charge in [0.15, 0.2) is 5.54 Å². The molecule has 46 heavy (non-hydrogen) atoms. The van der Waals surface area contributed by atoms with Crippen molar-refractivity contribution in [3.05, 3.63) is 76.7 Å². The summed E-state index contributed by atoms with van der Waals surface area (Å²) in [5.74, 6) is 0. The third kappa shape index (κ3) is 5.48. The van der Waals surface area contributed by atoms with Crippen LogP contribution >= 0.6 is 0 Å². The molecule has 1 aliphatic carbocycles. The molecule has 1 unspecified atom stereocenters. The van der Waals surface area contributed by atoms with Gasteiger partial charge in [-0.2, -0.15) is 23.7 Å². The average molecular weight is 628 g/mol. The van der Waals surface area contributed by atoms with E-state index in [9.17, 15) is 23.7 Å². The minimum absolute atomic E-state index is 0.0710. The molecule has 13 heteroatoms. The zero-order chi connectivity index (χ0) is 32.9. The quantitative estimate of drug-likeness (QED) is 0.220. The van der Waals surface area contributed by atoms with Crippen LogP contribution < -0.4 is 15.7 Å². The Balaban J connectivity index is 1.51. The fraction of sp³-hybridized carbons (Fsp3) is 0.364. The number of pyridine rings is 1. The SMILES string of the molecule is CON1CC=Cc2c(C(Nc3cc(C#N)c4ncc(C#N)c(NCC(C)(C)C)c4c3)c3cn(C4(C(F)(F)F)CC4)nn3)cccc21. The molecule has 0 amide bonds. The molecule has 1 aliphatic heterocycles. The Morgan fingerprint density at radius 3 is 2.52 bits per heavy atom. The van der Waals surface area contributed by atoms with Crippen molar-refractivity contribution in [3.63, 3.8) is 0 Å². The van der Waals surface area contributed by atoms with E-state index < -0.39 is 17.8 Å². The van der Waals surface area contributed by atoms with Crippen LogP contribution in [0.3, 0.4) is 0 Å². The number of rotatable bonds is 8. The topological polar surface area (TPSA) is 128 Å². The highest BCUT2D eigenvalue weighted by atomic mass is 19.4. The molecule has 1 atom stereocenters. The summed E-state index contributed by atoms with van der Waals surface area (Å²) >= 11 is 0. The van der Waals surface area contributed by atoms with Gasteiger partial charge in [-0.1, -0.05) is 50.3 Å². The van der Waals surface area contributed by atoms with Crippen LogP contribution in [0.2, 0.25) is 0 Å². The predicted molar refractivity (Wildman–Crippen MR) is 168 cm³/mol. The monoisotopic (exact) mass is 627 g/mol. The highest BCUT2D eigenvalue weighted by Gasteiger charge is 2.66. The number of fused-ring (bicyclic) bond motifs is 2. The summed E-state index contributed by atoms with van der Waals surface area (Å²) in [7, 11) is 1.57. The molecule has 236 valence electrons. The molecule has 3 heterocycles. The summed E-state index contributed by atoms with van der Waals surface area (Å²) in [6.07, 6.45) is 2.04. The highest BCUT2D eigenvalue weighted by Crippen LogP contribution is 2.55. The molecule has 0 bridgehead atoms. The zero-order valence-corrected chi connectivity index (χ0v) is 25.8. The lowest BCUT2D eigenvalue weighted by Crippen LogP contribution is -2.35. The maximum Gasteiger partial charge on any atom is 0.413 e. The largest absolute Gasteiger partial charge is 0.413 e. The summed E-state index contributed by atoms with van der Waals surface area (Å²) in [6.45, 7) is 7.25. The maximum atomic E-state index is 14.0. The van der Waals surface area contributed by atoms with Gasteiger partial charge >= 0.3 is 6.18 Å². The van der Waals surface area contributed by atoms with Gasteiger partial charge in [0.2, 0.25) is 0 Å². The van der Waals surface area contributed by atoms with Crippen LogP contribution in [0.4, 0.5) is 30.2 Å². The first kappa shape index (κ1) is 30.9. The predicted octanol–water partition coefficient (Wildman–Crippen LogP) is 6.68. The molecule has 0 radical (unpaired) electrons. The lowest BCUT2D eigenvalue weighted by atomic mass is 9.94. The van der Waals surface area contributed by atoms with Crippen LogP contribution in [0, 0.1) is 28.1 Å². The number of benzene rings is 2. The van der Waals surface area contributed by atoms with Gasteiger partial charge in [-0.05, 0) is 42.0 Å². The fourth-order valence-corrected chi connectivity index (χ4v) is 5.72. The van der Waals surface area contributed by atoms with Crippen LogP contribution in [-0.2, 0) is 10.4 Å². The number of aromatic nitrogens is 4. The third-order valence-corrected chi connectivity index (χ3v) is 8.29. The molecule has 10 nitrogen and oxygen atoms in total. The van der Waals surface area contributed by atoms with Crippen molar-refractivity contribution in [2.24, 2.45) is 5.41 Å². The molecule has 2 aliphatic rings. The summed E-state index contributed by atoms with van der Waals surface area (Å²) in [5.41, 5.74) is 2.40. The van der Waals surface area contributed by atoms with Crippen LogP contribution in [0.5, 0.6) is 0 Å². The first-order chi connectivity index (χ1) is 21.9. The van der Waals surface area contributed by atoms with E-state index in [4.69, 9.17) is 4.84 Å². The standard InChI is InChI=1S/C33H32F3N9O/c1-31(2,3)19-40-29-21(16-38)17-39-28-20(15-37)13-22(14-25(28)29)41-30(24-7-5-9-27-23(24)8-6-12-44(27)46-4)26-18-45(43-42-26)32(10-11-32)33(34,35)36/h5-9,13-14,17-18,30,41H,10-12,19H2,1-4H3,(H,39,40). The lowest BCUT2D eigenvalue weighted by Gasteiger charge is -2.29. The van der Waals surface area contributed by atoms with Crippen LogP contribution in [-0.4, -0.2) is 46.4 Å². The number of alkyl halides is 3. The third-order valence-electron chi connectivity index (χ3n) is 8.29. The molecule has 4 aromatic rings. The lowest BCUT2D eigenvalue weighted by molar-refractivity contribution is -0.182. The van der Waals surface area contributed by atoms with Gasteiger partial charge in [0.1, 0.15) is 17.8 Å². The van der Waals surface area contributed by atoms with E-state index in [0.29, 0.717) is 46.5 Å². The van der Waals surface area contributed by atoms with E-state index in [0.717, 1.165) is 15.9 Å². The van der Waals surface area contributed by atoms with E-state index in [1.54, 1.807) is 24.3 Å². The van der Waals surface area contributed by atoms with Gasteiger partial charge in [-0.3, -0.25) is 14.9 Å². The smallest absolute Gasteiger partial charge is 0.383 e. The number of hydrogen-bond acceptors (Lipinski definition) is 9. The molecule has 6 rings (SSSR count). The second kappa shape index (κ2) is 11.3. The number of nitrogens with zero attached hydrogens (tertiary/aromatic N) is 7. The maximum absolute atomic E-state index is 14.0. The molecule has 0 saturated heterocycles. The average Bonchev–Trinajstić information content (AvgIpc) is 3.72.